The summed E-state index contributed by atoms with van der Waals surface area (Å²) in [4.78, 5) is 2.34. The van der Waals surface area contributed by atoms with Crippen LogP contribution in [-0.2, 0) is 13.0 Å². The molecule has 4 rings (SSSR count). The van der Waals surface area contributed by atoms with E-state index in [1.54, 1.807) is 0 Å². The number of para-hydroxylation sites is 1. The average Bonchev–Trinajstić information content (AvgIpc) is 2.73. The molecule has 3 nitrogen and oxygen atoms in total. The van der Waals surface area contributed by atoms with Gasteiger partial charge in [-0.05, 0) is 47.9 Å². The summed E-state index contributed by atoms with van der Waals surface area (Å²) >= 11 is 0. The van der Waals surface area contributed by atoms with Crippen LogP contribution in [0.2, 0.25) is 0 Å². The Bertz CT molecular complexity index is 739. The van der Waals surface area contributed by atoms with Crippen molar-refractivity contribution in [3.63, 3.8) is 0 Å². The third kappa shape index (κ3) is 4.72. The van der Waals surface area contributed by atoms with Crippen molar-refractivity contribution in [2.75, 3.05) is 19.7 Å². The SMILES string of the molecule is OC(COc1ccccc1C1CCCCC1)CN1CCc2ccccc2C1. The average molecular weight is 366 g/mol. The number of β-amino-alcohol motifs (C(OH)–C–C–N with tert-alkyl or cyclic N) is 1. The lowest BCUT2D eigenvalue weighted by molar-refractivity contribution is 0.0632. The molecule has 0 radical (unpaired) electrons. The fourth-order valence-electron chi connectivity index (χ4n) is 4.61. The van der Waals surface area contributed by atoms with Gasteiger partial charge in [-0.15, -0.1) is 0 Å². The Morgan fingerprint density at radius 1 is 0.963 bits per heavy atom. The molecule has 1 aliphatic carbocycles. The van der Waals surface area contributed by atoms with Gasteiger partial charge >= 0.3 is 0 Å². The standard InChI is InChI=1S/C24H31NO2/c26-22(17-25-15-14-19-8-4-5-11-21(19)16-25)18-27-24-13-7-6-12-23(24)20-9-2-1-3-10-20/h4-8,11-13,20,22,26H,1-3,9-10,14-18H2. The van der Waals surface area contributed by atoms with Crippen molar-refractivity contribution in [3.05, 3.63) is 65.2 Å². The van der Waals surface area contributed by atoms with Crippen molar-refractivity contribution >= 4 is 0 Å². The van der Waals surface area contributed by atoms with Crippen molar-refractivity contribution in [1.82, 2.24) is 4.90 Å². The van der Waals surface area contributed by atoms with Gasteiger partial charge < -0.3 is 9.84 Å². The summed E-state index contributed by atoms with van der Waals surface area (Å²) in [5.41, 5.74) is 4.16. The van der Waals surface area contributed by atoms with E-state index in [1.807, 2.05) is 6.07 Å². The number of hydrogen-bond acceptors (Lipinski definition) is 3. The molecule has 0 aromatic heterocycles. The molecule has 2 aromatic carbocycles. The third-order valence-electron chi connectivity index (χ3n) is 6.07. The number of fused-ring (bicyclic) bond motifs is 1. The zero-order chi connectivity index (χ0) is 18.5. The normalized spacial score (nSPS) is 19.4. The molecule has 1 unspecified atom stereocenters. The van der Waals surface area contributed by atoms with Crippen LogP contribution in [0.25, 0.3) is 0 Å². The Morgan fingerprint density at radius 3 is 2.56 bits per heavy atom. The molecule has 144 valence electrons. The highest BCUT2D eigenvalue weighted by atomic mass is 16.5. The molecule has 1 fully saturated rings. The largest absolute Gasteiger partial charge is 0.491 e. The van der Waals surface area contributed by atoms with Gasteiger partial charge in [-0.3, -0.25) is 4.90 Å². The minimum atomic E-state index is -0.463. The molecule has 0 bridgehead atoms. The topological polar surface area (TPSA) is 32.7 Å². The van der Waals surface area contributed by atoms with Crippen LogP contribution in [-0.4, -0.2) is 35.8 Å². The van der Waals surface area contributed by atoms with Gasteiger partial charge in [-0.25, -0.2) is 0 Å². The summed E-state index contributed by atoms with van der Waals surface area (Å²) < 4.78 is 6.09. The number of nitrogens with zero attached hydrogens (tertiary/aromatic N) is 1. The van der Waals surface area contributed by atoms with Crippen LogP contribution in [0, 0.1) is 0 Å². The second kappa shape index (κ2) is 8.90. The molecule has 3 heteroatoms. The zero-order valence-corrected chi connectivity index (χ0v) is 16.1. The summed E-state index contributed by atoms with van der Waals surface area (Å²) in [6.07, 6.45) is 7.11. The first-order valence-corrected chi connectivity index (χ1v) is 10.5. The monoisotopic (exact) mass is 365 g/mol. The van der Waals surface area contributed by atoms with Crippen LogP contribution in [0.4, 0.5) is 0 Å². The second-order valence-corrected chi connectivity index (χ2v) is 8.09. The summed E-state index contributed by atoms with van der Waals surface area (Å²) in [6, 6.07) is 17.0. The van der Waals surface area contributed by atoms with Crippen LogP contribution in [0.15, 0.2) is 48.5 Å². The maximum Gasteiger partial charge on any atom is 0.122 e. The van der Waals surface area contributed by atoms with E-state index in [-0.39, 0.29) is 0 Å². The Balaban J connectivity index is 1.32. The third-order valence-corrected chi connectivity index (χ3v) is 6.07. The quantitative estimate of drug-likeness (QED) is 0.816. The first-order chi connectivity index (χ1) is 13.3. The van der Waals surface area contributed by atoms with Crippen LogP contribution < -0.4 is 4.74 Å². The smallest absolute Gasteiger partial charge is 0.122 e. The maximum atomic E-state index is 10.5. The molecular formula is C24H31NO2. The molecule has 0 saturated heterocycles. The molecule has 2 aromatic rings. The highest BCUT2D eigenvalue weighted by Crippen LogP contribution is 2.37. The molecular weight excluding hydrogens is 334 g/mol. The first-order valence-electron chi connectivity index (χ1n) is 10.5. The number of rotatable bonds is 6. The summed E-state index contributed by atoms with van der Waals surface area (Å²) in [5, 5.41) is 10.5. The van der Waals surface area contributed by atoms with Gasteiger partial charge in [-0.1, -0.05) is 61.7 Å². The number of benzene rings is 2. The van der Waals surface area contributed by atoms with E-state index in [0.29, 0.717) is 19.1 Å². The van der Waals surface area contributed by atoms with Crippen LogP contribution in [0.3, 0.4) is 0 Å². The van der Waals surface area contributed by atoms with Gasteiger partial charge in [-0.2, -0.15) is 0 Å². The minimum Gasteiger partial charge on any atom is -0.491 e. The van der Waals surface area contributed by atoms with E-state index >= 15 is 0 Å². The lowest BCUT2D eigenvalue weighted by Gasteiger charge is -2.30. The Morgan fingerprint density at radius 2 is 1.70 bits per heavy atom. The molecule has 27 heavy (non-hydrogen) atoms. The molecule has 1 saturated carbocycles. The lowest BCUT2D eigenvalue weighted by Crippen LogP contribution is -2.38. The molecule has 1 N–H and O–H groups in total. The van der Waals surface area contributed by atoms with E-state index < -0.39 is 6.10 Å². The van der Waals surface area contributed by atoms with Crippen LogP contribution >= 0.6 is 0 Å². The number of aliphatic hydroxyl groups is 1. The van der Waals surface area contributed by atoms with E-state index in [2.05, 4.69) is 47.4 Å². The summed E-state index contributed by atoms with van der Waals surface area (Å²) in [5.74, 6) is 1.58. The van der Waals surface area contributed by atoms with E-state index in [9.17, 15) is 5.11 Å². The second-order valence-electron chi connectivity index (χ2n) is 8.09. The maximum absolute atomic E-state index is 10.5. The fraction of sp³-hybridized carbons (Fsp3) is 0.500. The number of aliphatic hydroxyl groups excluding tert-OH is 1. The van der Waals surface area contributed by atoms with E-state index in [0.717, 1.165) is 25.3 Å². The molecule has 1 atom stereocenters. The van der Waals surface area contributed by atoms with Gasteiger partial charge in [0.15, 0.2) is 0 Å². The van der Waals surface area contributed by atoms with Crippen molar-refractivity contribution in [3.8, 4) is 5.75 Å². The molecule has 1 aliphatic heterocycles. The highest BCUT2D eigenvalue weighted by molar-refractivity contribution is 5.36. The Kier molecular flexibility index (Phi) is 6.10. The molecule has 1 heterocycles. The van der Waals surface area contributed by atoms with Gasteiger partial charge in [0, 0.05) is 19.6 Å². The predicted octanol–water partition coefficient (Wildman–Crippen LogP) is 4.53. The fourth-order valence-corrected chi connectivity index (χ4v) is 4.61. The Labute approximate surface area is 163 Å². The molecule has 0 spiro atoms. The van der Waals surface area contributed by atoms with Gasteiger partial charge in [0.1, 0.15) is 18.5 Å². The first kappa shape index (κ1) is 18.5. The number of hydrogen-bond donors (Lipinski definition) is 1. The zero-order valence-electron chi connectivity index (χ0n) is 16.1. The molecule has 0 amide bonds. The molecule has 2 aliphatic rings. The highest BCUT2D eigenvalue weighted by Gasteiger charge is 2.21. The Hall–Kier alpha value is -1.84. The summed E-state index contributed by atoms with van der Waals surface area (Å²) in [7, 11) is 0. The van der Waals surface area contributed by atoms with Crippen LogP contribution in [0.5, 0.6) is 5.75 Å². The number of ether oxygens (including phenoxy) is 1. The van der Waals surface area contributed by atoms with Crippen LogP contribution in [0.1, 0.15) is 54.7 Å². The van der Waals surface area contributed by atoms with Gasteiger partial charge in [0.2, 0.25) is 0 Å². The van der Waals surface area contributed by atoms with Crippen molar-refractivity contribution in [2.45, 2.75) is 57.1 Å². The van der Waals surface area contributed by atoms with Crippen molar-refractivity contribution < 1.29 is 9.84 Å². The van der Waals surface area contributed by atoms with Crippen molar-refractivity contribution in [1.29, 1.82) is 0 Å². The van der Waals surface area contributed by atoms with Gasteiger partial charge in [0.25, 0.3) is 0 Å². The van der Waals surface area contributed by atoms with E-state index in [1.165, 1.54) is 48.8 Å². The minimum absolute atomic E-state index is 0.363. The van der Waals surface area contributed by atoms with E-state index in [4.69, 9.17) is 4.74 Å². The lowest BCUT2D eigenvalue weighted by atomic mass is 9.84. The predicted molar refractivity (Wildman–Crippen MR) is 109 cm³/mol. The summed E-state index contributed by atoms with van der Waals surface area (Å²) in [6.45, 7) is 2.96. The van der Waals surface area contributed by atoms with Gasteiger partial charge in [0.05, 0.1) is 0 Å². The van der Waals surface area contributed by atoms with Crippen molar-refractivity contribution in [2.24, 2.45) is 0 Å².